The summed E-state index contributed by atoms with van der Waals surface area (Å²) in [6.07, 6.45) is 0.821. The number of rotatable bonds is 3. The zero-order chi connectivity index (χ0) is 12.3. The van der Waals surface area contributed by atoms with Crippen molar-refractivity contribution in [3.05, 3.63) is 15.6 Å². The molecule has 0 spiro atoms. The molecule has 1 aromatic heterocycles. The lowest BCUT2D eigenvalue weighted by Gasteiger charge is -2.17. The van der Waals surface area contributed by atoms with Gasteiger partial charge in [0.2, 0.25) is 5.91 Å². The van der Waals surface area contributed by atoms with Gasteiger partial charge in [-0.15, -0.1) is 11.3 Å². The van der Waals surface area contributed by atoms with Crippen LogP contribution in [-0.2, 0) is 11.2 Å². The number of amides is 1. The largest absolute Gasteiger partial charge is 0.355 e. The third-order valence-electron chi connectivity index (χ3n) is 2.38. The van der Waals surface area contributed by atoms with Crippen LogP contribution in [0.15, 0.2) is 0 Å². The minimum Gasteiger partial charge on any atom is -0.355 e. The number of nitrogens with zero attached hydrogens (tertiary/aromatic N) is 1. The van der Waals surface area contributed by atoms with Crippen LogP contribution >= 0.6 is 11.3 Å². The van der Waals surface area contributed by atoms with Gasteiger partial charge in [0.25, 0.3) is 0 Å². The lowest BCUT2D eigenvalue weighted by atomic mass is 9.96. The first-order chi connectivity index (χ1) is 7.30. The van der Waals surface area contributed by atoms with Crippen molar-refractivity contribution in [2.75, 3.05) is 6.54 Å². The van der Waals surface area contributed by atoms with Gasteiger partial charge < -0.3 is 5.32 Å². The molecule has 0 unspecified atom stereocenters. The third-order valence-corrected chi connectivity index (χ3v) is 3.51. The Hall–Kier alpha value is -0.900. The van der Waals surface area contributed by atoms with Gasteiger partial charge in [0, 0.05) is 23.3 Å². The maximum absolute atomic E-state index is 11.6. The summed E-state index contributed by atoms with van der Waals surface area (Å²) in [6.45, 7) is 10.5. The van der Waals surface area contributed by atoms with Gasteiger partial charge in [-0.25, -0.2) is 4.98 Å². The van der Waals surface area contributed by atoms with Crippen LogP contribution in [-0.4, -0.2) is 17.4 Å². The summed E-state index contributed by atoms with van der Waals surface area (Å²) in [6, 6.07) is 0. The molecule has 4 heteroatoms. The van der Waals surface area contributed by atoms with Gasteiger partial charge in [0.05, 0.1) is 10.7 Å². The third kappa shape index (κ3) is 3.59. The Bertz CT molecular complexity index is 357. The lowest BCUT2D eigenvalue weighted by Crippen LogP contribution is -2.35. The first-order valence-corrected chi connectivity index (χ1v) is 6.33. The van der Waals surface area contributed by atoms with Gasteiger partial charge in [0.15, 0.2) is 0 Å². The van der Waals surface area contributed by atoms with Crippen molar-refractivity contribution in [3.63, 3.8) is 0 Å². The van der Waals surface area contributed by atoms with Gasteiger partial charge in [-0.2, -0.15) is 0 Å². The highest BCUT2D eigenvalue weighted by atomic mass is 32.1. The molecule has 3 nitrogen and oxygen atoms in total. The summed E-state index contributed by atoms with van der Waals surface area (Å²) in [5.41, 5.74) is 0.788. The molecule has 1 rings (SSSR count). The molecule has 0 radical (unpaired) electrons. The molecular weight excluding hydrogens is 220 g/mol. The zero-order valence-corrected chi connectivity index (χ0v) is 11.5. The van der Waals surface area contributed by atoms with E-state index < -0.39 is 0 Å². The summed E-state index contributed by atoms with van der Waals surface area (Å²) in [4.78, 5) is 17.3. The van der Waals surface area contributed by atoms with Crippen molar-refractivity contribution in [1.29, 1.82) is 0 Å². The molecule has 0 bridgehead atoms. The highest BCUT2D eigenvalue weighted by molar-refractivity contribution is 7.11. The predicted octanol–water partition coefficient (Wildman–Crippen LogP) is 2.46. The van der Waals surface area contributed by atoms with Crippen molar-refractivity contribution in [2.24, 2.45) is 5.41 Å². The van der Waals surface area contributed by atoms with E-state index in [4.69, 9.17) is 0 Å². The Morgan fingerprint density at radius 1 is 1.38 bits per heavy atom. The molecule has 1 heterocycles. The molecule has 0 aromatic carbocycles. The second-order valence-electron chi connectivity index (χ2n) is 5.01. The van der Waals surface area contributed by atoms with Crippen LogP contribution in [0.4, 0.5) is 0 Å². The molecule has 0 aliphatic carbocycles. The first kappa shape index (κ1) is 13.2. The van der Waals surface area contributed by atoms with Gasteiger partial charge in [-0.1, -0.05) is 20.8 Å². The Morgan fingerprint density at radius 3 is 2.44 bits per heavy atom. The molecule has 0 aliphatic heterocycles. The second kappa shape index (κ2) is 4.95. The van der Waals surface area contributed by atoms with E-state index in [2.05, 4.69) is 17.2 Å². The van der Waals surface area contributed by atoms with Crippen molar-refractivity contribution in [3.8, 4) is 0 Å². The number of carbonyl (C=O) groups is 1. The number of hydrogen-bond donors (Lipinski definition) is 1. The molecule has 1 amide bonds. The van der Waals surface area contributed by atoms with E-state index in [0.717, 1.165) is 17.1 Å². The number of aromatic nitrogens is 1. The first-order valence-electron chi connectivity index (χ1n) is 5.52. The van der Waals surface area contributed by atoms with E-state index >= 15 is 0 Å². The normalized spacial score (nSPS) is 11.6. The average molecular weight is 240 g/mol. The molecule has 0 fully saturated rings. The van der Waals surface area contributed by atoms with Crippen LogP contribution in [0.5, 0.6) is 0 Å². The summed E-state index contributed by atoms with van der Waals surface area (Å²) < 4.78 is 0. The molecule has 1 N–H and O–H groups in total. The SMILES string of the molecule is Cc1nc(CCNC(=O)C(C)(C)C)sc1C. The highest BCUT2D eigenvalue weighted by Gasteiger charge is 2.20. The number of carbonyl (C=O) groups excluding carboxylic acids is 1. The Kier molecular flexibility index (Phi) is 4.08. The number of nitrogens with one attached hydrogen (secondary N) is 1. The smallest absolute Gasteiger partial charge is 0.225 e. The van der Waals surface area contributed by atoms with Crippen LogP contribution in [0.1, 0.15) is 36.3 Å². The van der Waals surface area contributed by atoms with E-state index in [-0.39, 0.29) is 11.3 Å². The van der Waals surface area contributed by atoms with E-state index in [1.165, 1.54) is 4.88 Å². The monoisotopic (exact) mass is 240 g/mol. The van der Waals surface area contributed by atoms with Crippen molar-refractivity contribution in [1.82, 2.24) is 10.3 Å². The van der Waals surface area contributed by atoms with E-state index in [1.807, 2.05) is 27.7 Å². The van der Waals surface area contributed by atoms with E-state index in [0.29, 0.717) is 6.54 Å². The Morgan fingerprint density at radius 2 is 2.00 bits per heavy atom. The van der Waals surface area contributed by atoms with Gasteiger partial charge in [-0.3, -0.25) is 4.79 Å². The molecule has 0 saturated heterocycles. The summed E-state index contributed by atoms with van der Waals surface area (Å²) in [5, 5.41) is 4.03. The van der Waals surface area contributed by atoms with Gasteiger partial charge in [0.1, 0.15) is 0 Å². The van der Waals surface area contributed by atoms with Crippen molar-refractivity contribution >= 4 is 17.2 Å². The minimum atomic E-state index is -0.311. The lowest BCUT2D eigenvalue weighted by molar-refractivity contribution is -0.128. The fourth-order valence-electron chi connectivity index (χ4n) is 1.19. The summed E-state index contributed by atoms with van der Waals surface area (Å²) >= 11 is 1.71. The summed E-state index contributed by atoms with van der Waals surface area (Å²) in [5.74, 6) is 0.0949. The molecule has 0 aliphatic rings. The van der Waals surface area contributed by atoms with Gasteiger partial charge in [-0.05, 0) is 13.8 Å². The molecule has 0 atom stereocenters. The van der Waals surface area contributed by atoms with Crippen LogP contribution in [0, 0.1) is 19.3 Å². The molecule has 90 valence electrons. The number of thiazole rings is 1. The van der Waals surface area contributed by atoms with Crippen LogP contribution in [0.2, 0.25) is 0 Å². The number of aryl methyl sites for hydroxylation is 2. The standard InChI is InChI=1S/C12H20N2OS/c1-8-9(2)16-10(14-8)6-7-13-11(15)12(3,4)5/h6-7H2,1-5H3,(H,13,15). The maximum atomic E-state index is 11.6. The fourth-order valence-corrected chi connectivity index (χ4v) is 2.13. The van der Waals surface area contributed by atoms with Crippen LogP contribution in [0.3, 0.4) is 0 Å². The van der Waals surface area contributed by atoms with Crippen molar-refractivity contribution in [2.45, 2.75) is 41.0 Å². The predicted molar refractivity (Wildman–Crippen MR) is 67.8 cm³/mol. The minimum absolute atomic E-state index is 0.0949. The molecular formula is C12H20N2OS. The highest BCUT2D eigenvalue weighted by Crippen LogP contribution is 2.17. The molecule has 1 aromatic rings. The van der Waals surface area contributed by atoms with E-state index in [9.17, 15) is 4.79 Å². The second-order valence-corrected chi connectivity index (χ2v) is 6.29. The molecule has 16 heavy (non-hydrogen) atoms. The van der Waals surface area contributed by atoms with Crippen LogP contribution < -0.4 is 5.32 Å². The van der Waals surface area contributed by atoms with Gasteiger partial charge >= 0.3 is 0 Å². The maximum Gasteiger partial charge on any atom is 0.225 e. The Labute approximate surface area is 101 Å². The van der Waals surface area contributed by atoms with Crippen molar-refractivity contribution < 1.29 is 4.79 Å². The Balaban J connectivity index is 2.39. The van der Waals surface area contributed by atoms with E-state index in [1.54, 1.807) is 11.3 Å². The average Bonchev–Trinajstić information content (AvgIpc) is 2.44. The summed E-state index contributed by atoms with van der Waals surface area (Å²) in [7, 11) is 0. The fraction of sp³-hybridized carbons (Fsp3) is 0.667. The quantitative estimate of drug-likeness (QED) is 0.882. The number of hydrogen-bond acceptors (Lipinski definition) is 3. The zero-order valence-electron chi connectivity index (χ0n) is 10.7. The topological polar surface area (TPSA) is 42.0 Å². The molecule has 0 saturated carbocycles. The van der Waals surface area contributed by atoms with Crippen LogP contribution in [0.25, 0.3) is 0 Å².